The van der Waals surface area contributed by atoms with Crippen LogP contribution in [0, 0.1) is 11.3 Å². The molecular formula is C13H25ClN2O. The second-order valence-corrected chi connectivity index (χ2v) is 6.07. The van der Waals surface area contributed by atoms with Gasteiger partial charge in [0.1, 0.15) is 0 Å². The third kappa shape index (κ3) is 3.85. The summed E-state index contributed by atoms with van der Waals surface area (Å²) in [4.78, 5) is 14.4. The van der Waals surface area contributed by atoms with Crippen LogP contribution in [0.1, 0.15) is 39.5 Å². The average Bonchev–Trinajstić information content (AvgIpc) is 2.28. The topological polar surface area (TPSA) is 32.3 Å². The lowest BCUT2D eigenvalue weighted by Gasteiger charge is -2.40. The third-order valence-corrected chi connectivity index (χ3v) is 3.86. The van der Waals surface area contributed by atoms with Gasteiger partial charge in [0.25, 0.3) is 0 Å². The highest BCUT2D eigenvalue weighted by atomic mass is 35.5. The number of nitrogens with one attached hydrogen (secondary N) is 1. The summed E-state index contributed by atoms with van der Waals surface area (Å²) in [7, 11) is 0. The van der Waals surface area contributed by atoms with Gasteiger partial charge in [-0.2, -0.15) is 0 Å². The van der Waals surface area contributed by atoms with Crippen molar-refractivity contribution in [2.45, 2.75) is 39.5 Å². The van der Waals surface area contributed by atoms with Crippen LogP contribution in [0.4, 0.5) is 0 Å². The van der Waals surface area contributed by atoms with Gasteiger partial charge >= 0.3 is 0 Å². The number of hydrogen-bond donors (Lipinski definition) is 1. The fourth-order valence-corrected chi connectivity index (χ4v) is 2.93. The predicted molar refractivity (Wildman–Crippen MR) is 72.4 cm³/mol. The molecule has 1 N–H and O–H groups in total. The first-order chi connectivity index (χ1) is 7.58. The molecule has 0 aromatic heterocycles. The summed E-state index contributed by atoms with van der Waals surface area (Å²) in [5.41, 5.74) is 0.315. The average molecular weight is 261 g/mol. The minimum atomic E-state index is 0. The molecule has 2 aliphatic rings. The molecule has 17 heavy (non-hydrogen) atoms. The monoisotopic (exact) mass is 260 g/mol. The molecule has 0 aromatic rings. The van der Waals surface area contributed by atoms with Crippen molar-refractivity contribution in [3.05, 3.63) is 0 Å². The van der Waals surface area contributed by atoms with E-state index in [1.165, 1.54) is 12.8 Å². The normalized spacial score (nSPS) is 28.4. The van der Waals surface area contributed by atoms with E-state index in [0.717, 1.165) is 39.0 Å². The van der Waals surface area contributed by atoms with E-state index in [1.807, 2.05) is 0 Å². The lowest BCUT2D eigenvalue weighted by atomic mass is 9.83. The fourth-order valence-electron chi connectivity index (χ4n) is 2.93. The van der Waals surface area contributed by atoms with Crippen LogP contribution in [0.2, 0.25) is 0 Å². The standard InChI is InChI=1S/C13H24N2O.ClH/c1-13(2)6-4-8-15(10-13)12(16)11-5-3-7-14-9-11;/h11,14H,3-10H2,1-2H3;1H. The van der Waals surface area contributed by atoms with Gasteiger partial charge < -0.3 is 10.2 Å². The summed E-state index contributed by atoms with van der Waals surface area (Å²) in [5, 5.41) is 3.33. The first-order valence-corrected chi connectivity index (χ1v) is 6.58. The Kier molecular flexibility index (Phi) is 5.26. The lowest BCUT2D eigenvalue weighted by Crippen LogP contribution is -2.48. The van der Waals surface area contributed by atoms with Gasteiger partial charge in [0.05, 0.1) is 5.92 Å². The summed E-state index contributed by atoms with van der Waals surface area (Å²) in [5.74, 6) is 0.627. The van der Waals surface area contributed by atoms with E-state index in [1.54, 1.807) is 0 Å². The zero-order chi connectivity index (χ0) is 11.6. The summed E-state index contributed by atoms with van der Waals surface area (Å²) in [6, 6.07) is 0. The number of halogens is 1. The number of amides is 1. The summed E-state index contributed by atoms with van der Waals surface area (Å²) in [6.45, 7) is 8.42. The molecule has 2 heterocycles. The zero-order valence-corrected chi connectivity index (χ0v) is 11.8. The van der Waals surface area contributed by atoms with Crippen molar-refractivity contribution in [1.29, 1.82) is 0 Å². The molecule has 2 fully saturated rings. The summed E-state index contributed by atoms with van der Waals surface area (Å²) < 4.78 is 0. The van der Waals surface area contributed by atoms with E-state index in [9.17, 15) is 4.79 Å². The van der Waals surface area contributed by atoms with Crippen LogP contribution in [0.3, 0.4) is 0 Å². The molecule has 100 valence electrons. The lowest BCUT2D eigenvalue weighted by molar-refractivity contribution is -0.139. The summed E-state index contributed by atoms with van der Waals surface area (Å²) in [6.07, 6.45) is 4.63. The van der Waals surface area contributed by atoms with Crippen molar-refractivity contribution in [1.82, 2.24) is 10.2 Å². The molecule has 1 unspecified atom stereocenters. The van der Waals surface area contributed by atoms with Gasteiger partial charge in [0.15, 0.2) is 0 Å². The maximum Gasteiger partial charge on any atom is 0.226 e. The van der Waals surface area contributed by atoms with Crippen LogP contribution in [0.15, 0.2) is 0 Å². The van der Waals surface area contributed by atoms with Crippen LogP contribution in [0.5, 0.6) is 0 Å². The van der Waals surface area contributed by atoms with Crippen LogP contribution in [0.25, 0.3) is 0 Å². The second kappa shape index (κ2) is 6.05. The molecule has 2 rings (SSSR count). The molecule has 2 aliphatic heterocycles. The van der Waals surface area contributed by atoms with Gasteiger partial charge in [-0.3, -0.25) is 4.79 Å². The highest BCUT2D eigenvalue weighted by molar-refractivity contribution is 5.85. The van der Waals surface area contributed by atoms with Crippen molar-refractivity contribution in [2.24, 2.45) is 11.3 Å². The van der Waals surface area contributed by atoms with E-state index < -0.39 is 0 Å². The van der Waals surface area contributed by atoms with Crippen molar-refractivity contribution in [3.8, 4) is 0 Å². The Labute approximate surface area is 111 Å². The molecule has 1 amide bonds. The number of rotatable bonds is 1. The Morgan fingerprint density at radius 1 is 1.35 bits per heavy atom. The molecule has 0 aliphatic carbocycles. The SMILES string of the molecule is CC1(C)CCCN(C(=O)C2CCCNC2)C1.Cl. The Hall–Kier alpha value is -0.280. The van der Waals surface area contributed by atoms with Crippen molar-refractivity contribution >= 4 is 18.3 Å². The number of carbonyl (C=O) groups excluding carboxylic acids is 1. The highest BCUT2D eigenvalue weighted by Crippen LogP contribution is 2.29. The van der Waals surface area contributed by atoms with Gasteiger partial charge in [-0.25, -0.2) is 0 Å². The minimum Gasteiger partial charge on any atom is -0.342 e. The molecule has 0 saturated carbocycles. The number of likely N-dealkylation sites (tertiary alicyclic amines) is 1. The third-order valence-electron chi connectivity index (χ3n) is 3.86. The molecule has 0 bridgehead atoms. The molecule has 0 aromatic carbocycles. The van der Waals surface area contributed by atoms with Crippen molar-refractivity contribution in [2.75, 3.05) is 26.2 Å². The van der Waals surface area contributed by atoms with Gasteiger partial charge in [-0.1, -0.05) is 13.8 Å². The van der Waals surface area contributed by atoms with Gasteiger partial charge in [-0.05, 0) is 37.6 Å². The van der Waals surface area contributed by atoms with E-state index in [-0.39, 0.29) is 18.3 Å². The number of nitrogens with zero attached hydrogens (tertiary/aromatic N) is 1. The fraction of sp³-hybridized carbons (Fsp3) is 0.923. The second-order valence-electron chi connectivity index (χ2n) is 6.07. The van der Waals surface area contributed by atoms with Crippen LogP contribution in [-0.2, 0) is 4.79 Å². The molecule has 2 saturated heterocycles. The summed E-state index contributed by atoms with van der Waals surface area (Å²) >= 11 is 0. The molecule has 3 nitrogen and oxygen atoms in total. The molecule has 0 spiro atoms. The van der Waals surface area contributed by atoms with Gasteiger partial charge in [-0.15, -0.1) is 12.4 Å². The van der Waals surface area contributed by atoms with E-state index in [0.29, 0.717) is 11.3 Å². The Morgan fingerprint density at radius 2 is 2.12 bits per heavy atom. The maximum atomic E-state index is 12.3. The minimum absolute atomic E-state index is 0. The van der Waals surface area contributed by atoms with Gasteiger partial charge in [0, 0.05) is 19.6 Å². The van der Waals surface area contributed by atoms with Crippen LogP contribution in [-0.4, -0.2) is 37.0 Å². The van der Waals surface area contributed by atoms with E-state index in [4.69, 9.17) is 0 Å². The molecular weight excluding hydrogens is 236 g/mol. The zero-order valence-electron chi connectivity index (χ0n) is 11.0. The predicted octanol–water partition coefficient (Wildman–Crippen LogP) is 2.06. The van der Waals surface area contributed by atoms with Crippen molar-refractivity contribution < 1.29 is 4.79 Å². The molecule has 1 atom stereocenters. The van der Waals surface area contributed by atoms with E-state index in [2.05, 4.69) is 24.1 Å². The first kappa shape index (κ1) is 14.8. The number of hydrogen-bond acceptors (Lipinski definition) is 2. The van der Waals surface area contributed by atoms with Crippen LogP contribution >= 0.6 is 12.4 Å². The first-order valence-electron chi connectivity index (χ1n) is 6.58. The largest absolute Gasteiger partial charge is 0.342 e. The maximum absolute atomic E-state index is 12.3. The van der Waals surface area contributed by atoms with E-state index >= 15 is 0 Å². The molecule has 0 radical (unpaired) electrons. The number of piperidine rings is 2. The van der Waals surface area contributed by atoms with Gasteiger partial charge in [0.2, 0.25) is 5.91 Å². The Morgan fingerprint density at radius 3 is 2.71 bits per heavy atom. The highest BCUT2D eigenvalue weighted by Gasteiger charge is 2.32. The van der Waals surface area contributed by atoms with Crippen LogP contribution < -0.4 is 5.32 Å². The van der Waals surface area contributed by atoms with Crippen molar-refractivity contribution in [3.63, 3.8) is 0 Å². The Balaban J connectivity index is 0.00000144. The quantitative estimate of drug-likeness (QED) is 0.783. The number of carbonyl (C=O) groups is 1. The smallest absolute Gasteiger partial charge is 0.226 e. The molecule has 4 heteroatoms. The Bertz CT molecular complexity index is 262.